The lowest BCUT2D eigenvalue weighted by Gasteiger charge is -2.20. The van der Waals surface area contributed by atoms with Crippen molar-refractivity contribution in [1.82, 2.24) is 25.4 Å². The van der Waals surface area contributed by atoms with Gasteiger partial charge in [-0.15, -0.1) is 0 Å². The van der Waals surface area contributed by atoms with Crippen LogP contribution < -0.4 is 10.6 Å². The quantitative estimate of drug-likeness (QED) is 0.455. The average Bonchev–Trinajstić information content (AvgIpc) is 2.98. The molecule has 2 heterocycles. The fourth-order valence-corrected chi connectivity index (χ4v) is 2.95. The predicted octanol–water partition coefficient (Wildman–Crippen LogP) is 1.66. The van der Waals surface area contributed by atoms with E-state index in [2.05, 4.69) is 58.2 Å². The van der Waals surface area contributed by atoms with Crippen LogP contribution in [0.15, 0.2) is 15.6 Å². The monoisotopic (exact) mass is 364 g/mol. The second kappa shape index (κ2) is 9.92. The summed E-state index contributed by atoms with van der Waals surface area (Å²) in [5, 5.41) is 6.64. The number of aromatic nitrogens is 1. The third kappa shape index (κ3) is 6.96. The van der Waals surface area contributed by atoms with Gasteiger partial charge in [-0.05, 0) is 39.5 Å². The van der Waals surface area contributed by atoms with Gasteiger partial charge in [-0.25, -0.2) is 4.98 Å². The zero-order chi connectivity index (χ0) is 19.0. The molecule has 1 aromatic rings. The van der Waals surface area contributed by atoms with Gasteiger partial charge in [0.05, 0.1) is 12.7 Å². The van der Waals surface area contributed by atoms with Crippen LogP contribution >= 0.6 is 0 Å². The second-order valence-corrected chi connectivity index (χ2v) is 8.07. The highest BCUT2D eigenvalue weighted by molar-refractivity contribution is 5.79. The van der Waals surface area contributed by atoms with E-state index in [1.165, 1.54) is 32.6 Å². The maximum Gasteiger partial charge on any atom is 0.213 e. The van der Waals surface area contributed by atoms with E-state index >= 15 is 0 Å². The van der Waals surface area contributed by atoms with Gasteiger partial charge in [-0.2, -0.15) is 0 Å². The van der Waals surface area contributed by atoms with Gasteiger partial charge in [0.25, 0.3) is 0 Å². The van der Waals surface area contributed by atoms with Crippen molar-refractivity contribution >= 4 is 5.96 Å². The largest absolute Gasteiger partial charge is 0.443 e. The van der Waals surface area contributed by atoms with Gasteiger partial charge >= 0.3 is 0 Å². The highest BCUT2D eigenvalue weighted by atomic mass is 16.4. The van der Waals surface area contributed by atoms with E-state index < -0.39 is 0 Å². The highest BCUT2D eigenvalue weighted by Gasteiger charge is 2.19. The van der Waals surface area contributed by atoms with E-state index in [1.54, 1.807) is 7.05 Å². The third-order valence-corrected chi connectivity index (χ3v) is 4.68. The van der Waals surface area contributed by atoms with Crippen LogP contribution in [0.5, 0.6) is 0 Å². The summed E-state index contributed by atoms with van der Waals surface area (Å²) in [6.45, 7) is 13.7. The van der Waals surface area contributed by atoms with Crippen LogP contribution in [0.2, 0.25) is 0 Å². The molecule has 0 bridgehead atoms. The molecule has 148 valence electrons. The number of hydrogen-bond donors (Lipinski definition) is 2. The Bertz CT molecular complexity index is 563. The van der Waals surface area contributed by atoms with Gasteiger partial charge in [0.15, 0.2) is 5.96 Å². The molecule has 2 N–H and O–H groups in total. The Hall–Kier alpha value is -1.60. The van der Waals surface area contributed by atoms with E-state index in [4.69, 9.17) is 4.42 Å². The van der Waals surface area contributed by atoms with Crippen LogP contribution in [-0.2, 0) is 12.0 Å². The van der Waals surface area contributed by atoms with Crippen LogP contribution in [0.4, 0.5) is 0 Å². The molecule has 7 nitrogen and oxygen atoms in total. The van der Waals surface area contributed by atoms with E-state index in [9.17, 15) is 0 Å². The lowest BCUT2D eigenvalue weighted by Crippen LogP contribution is -2.38. The molecule has 0 aromatic carbocycles. The molecule has 26 heavy (non-hydrogen) atoms. The van der Waals surface area contributed by atoms with E-state index in [0.717, 1.165) is 31.2 Å². The number of hydrogen-bond acceptors (Lipinski definition) is 5. The molecule has 1 saturated heterocycles. The number of rotatable bonds is 6. The second-order valence-electron chi connectivity index (χ2n) is 8.07. The summed E-state index contributed by atoms with van der Waals surface area (Å²) in [5.41, 5.74) is -0.0205. The minimum atomic E-state index is -0.0205. The number of guanidine groups is 1. The van der Waals surface area contributed by atoms with E-state index in [0.29, 0.717) is 12.4 Å². The predicted molar refractivity (Wildman–Crippen MR) is 107 cm³/mol. The summed E-state index contributed by atoms with van der Waals surface area (Å²) in [4.78, 5) is 13.6. The highest BCUT2D eigenvalue weighted by Crippen LogP contribution is 2.22. The number of aliphatic imine (C=N–C) groups is 1. The molecule has 1 aliphatic rings. The van der Waals surface area contributed by atoms with Crippen molar-refractivity contribution in [1.29, 1.82) is 0 Å². The SMILES string of the molecule is CN=C(NCCCN1CCCN(C)CC1)NCc1ncc(C(C)(C)C)o1. The molecule has 1 aliphatic heterocycles. The first-order chi connectivity index (χ1) is 12.4. The first kappa shape index (κ1) is 20.7. The van der Waals surface area contributed by atoms with E-state index in [-0.39, 0.29) is 5.41 Å². The fraction of sp³-hybridized carbons (Fsp3) is 0.789. The maximum absolute atomic E-state index is 5.80. The molecule has 0 aliphatic carbocycles. The average molecular weight is 365 g/mol. The molecule has 1 aromatic heterocycles. The summed E-state index contributed by atoms with van der Waals surface area (Å²) >= 11 is 0. The van der Waals surface area contributed by atoms with Crippen molar-refractivity contribution in [3.05, 3.63) is 17.8 Å². The Kier molecular flexibility index (Phi) is 7.90. The smallest absolute Gasteiger partial charge is 0.213 e. The Balaban J connectivity index is 1.65. The molecule has 0 spiro atoms. The van der Waals surface area contributed by atoms with Crippen LogP contribution in [0.3, 0.4) is 0 Å². The lowest BCUT2D eigenvalue weighted by atomic mass is 9.94. The summed E-state index contributed by atoms with van der Waals surface area (Å²) in [7, 11) is 4.00. The molecule has 0 atom stereocenters. The van der Waals surface area contributed by atoms with Crippen molar-refractivity contribution in [2.45, 2.75) is 45.6 Å². The molecule has 7 heteroatoms. The van der Waals surface area contributed by atoms with Crippen LogP contribution in [0.25, 0.3) is 0 Å². The van der Waals surface area contributed by atoms with Crippen LogP contribution in [-0.4, -0.2) is 74.1 Å². The Morgan fingerprint density at radius 1 is 1.23 bits per heavy atom. The topological polar surface area (TPSA) is 68.9 Å². The van der Waals surface area contributed by atoms with Crippen molar-refractivity contribution in [2.24, 2.45) is 4.99 Å². The van der Waals surface area contributed by atoms with Gasteiger partial charge in [-0.3, -0.25) is 4.99 Å². The zero-order valence-electron chi connectivity index (χ0n) is 17.1. The number of nitrogens with one attached hydrogen (secondary N) is 2. The molecular formula is C19H36N6O. The fourth-order valence-electron chi connectivity index (χ4n) is 2.95. The Morgan fingerprint density at radius 2 is 2.04 bits per heavy atom. The van der Waals surface area contributed by atoms with Gasteiger partial charge in [0.1, 0.15) is 5.76 Å². The third-order valence-electron chi connectivity index (χ3n) is 4.68. The molecule has 0 unspecified atom stereocenters. The van der Waals surface area contributed by atoms with Gasteiger partial charge in [0, 0.05) is 32.1 Å². The van der Waals surface area contributed by atoms with Crippen molar-refractivity contribution in [2.75, 3.05) is 53.4 Å². The van der Waals surface area contributed by atoms with Crippen molar-refractivity contribution in [3.63, 3.8) is 0 Å². The number of nitrogens with zero attached hydrogens (tertiary/aromatic N) is 4. The van der Waals surface area contributed by atoms with Gasteiger partial charge < -0.3 is 24.9 Å². The summed E-state index contributed by atoms with van der Waals surface area (Å²) in [5.74, 6) is 2.38. The lowest BCUT2D eigenvalue weighted by molar-refractivity contribution is 0.274. The van der Waals surface area contributed by atoms with Crippen LogP contribution in [0.1, 0.15) is 45.3 Å². The maximum atomic E-state index is 5.80. The summed E-state index contributed by atoms with van der Waals surface area (Å²) in [6.07, 6.45) is 4.18. The van der Waals surface area contributed by atoms with E-state index in [1.807, 2.05) is 6.20 Å². The van der Waals surface area contributed by atoms with Crippen molar-refractivity contribution in [3.8, 4) is 0 Å². The zero-order valence-corrected chi connectivity index (χ0v) is 17.1. The normalized spacial score (nSPS) is 18.0. The molecule has 0 amide bonds. The standard InChI is InChI=1S/C19H36N6O/c1-19(2,3)16-14-22-17(26-16)15-23-18(20-4)21-8-6-10-25-11-7-9-24(5)12-13-25/h14H,6-13,15H2,1-5H3,(H2,20,21,23). The summed E-state index contributed by atoms with van der Waals surface area (Å²) in [6, 6.07) is 0. The van der Waals surface area contributed by atoms with Crippen LogP contribution in [0, 0.1) is 0 Å². The minimum absolute atomic E-state index is 0.0205. The first-order valence-electron chi connectivity index (χ1n) is 9.69. The molecule has 1 fully saturated rings. The summed E-state index contributed by atoms with van der Waals surface area (Å²) < 4.78 is 5.80. The number of oxazole rings is 1. The van der Waals surface area contributed by atoms with Crippen molar-refractivity contribution < 1.29 is 4.42 Å². The van der Waals surface area contributed by atoms with Gasteiger partial charge in [0.2, 0.25) is 5.89 Å². The first-order valence-corrected chi connectivity index (χ1v) is 9.69. The Morgan fingerprint density at radius 3 is 2.73 bits per heavy atom. The van der Waals surface area contributed by atoms with Gasteiger partial charge in [-0.1, -0.05) is 20.8 Å². The minimum Gasteiger partial charge on any atom is -0.443 e. The Labute approximate surface area is 158 Å². The molecule has 0 saturated carbocycles. The number of likely N-dealkylation sites (N-methyl/N-ethyl adjacent to an activating group) is 1. The molecule has 0 radical (unpaired) electrons. The molecular weight excluding hydrogens is 328 g/mol. The molecule has 2 rings (SSSR count).